The fourth-order valence-electron chi connectivity index (χ4n) is 2.25. The molecule has 1 unspecified atom stereocenters. The number of nitriles is 1. The van der Waals surface area contributed by atoms with Crippen LogP contribution in [0.25, 0.3) is 0 Å². The van der Waals surface area contributed by atoms with Gasteiger partial charge in [-0.2, -0.15) is 5.26 Å². The summed E-state index contributed by atoms with van der Waals surface area (Å²) < 4.78 is 12.2. The fraction of sp³-hybridized carbons (Fsp3) is 0.500. The van der Waals surface area contributed by atoms with Crippen LogP contribution in [0.4, 0.5) is 0 Å². The van der Waals surface area contributed by atoms with E-state index in [2.05, 4.69) is 6.07 Å². The lowest BCUT2D eigenvalue weighted by molar-refractivity contribution is 0.0910. The third-order valence-corrected chi connectivity index (χ3v) is 5.52. The van der Waals surface area contributed by atoms with Crippen molar-refractivity contribution in [3.8, 4) is 6.07 Å². The van der Waals surface area contributed by atoms with Gasteiger partial charge in [-0.25, -0.2) is 0 Å². The number of hydrogen-bond acceptors (Lipinski definition) is 4. The first-order valence-electron chi connectivity index (χ1n) is 5.28. The van der Waals surface area contributed by atoms with E-state index in [4.69, 9.17) is 5.26 Å². The Hall–Kier alpha value is -0.990. The van der Waals surface area contributed by atoms with Crippen molar-refractivity contribution in [2.24, 2.45) is 5.41 Å². The first-order chi connectivity index (χ1) is 7.85. The van der Waals surface area contributed by atoms with Gasteiger partial charge in [0.2, 0.25) is 0 Å². The van der Waals surface area contributed by atoms with Gasteiger partial charge in [-0.05, 0) is 17.4 Å². The predicted octanol–water partition coefficient (Wildman–Crippen LogP) is 2.51. The summed E-state index contributed by atoms with van der Waals surface area (Å²) in [6, 6.07) is 2.12. The van der Waals surface area contributed by atoms with Gasteiger partial charge in [-0.1, -0.05) is 13.8 Å². The largest absolute Gasteiger partial charge is 0.294 e. The van der Waals surface area contributed by atoms with E-state index in [9.17, 15) is 9.00 Å². The average molecular weight is 267 g/mol. The minimum atomic E-state index is -1.20. The van der Waals surface area contributed by atoms with Crippen LogP contribution < -0.4 is 0 Å². The molecule has 1 aromatic heterocycles. The molecule has 90 valence electrons. The van der Waals surface area contributed by atoms with Gasteiger partial charge >= 0.3 is 0 Å². The fourth-order valence-corrected chi connectivity index (χ4v) is 4.36. The highest BCUT2D eigenvalue weighted by molar-refractivity contribution is 7.86. The zero-order valence-electron chi connectivity index (χ0n) is 9.99. The Morgan fingerprint density at radius 2 is 2.06 bits per heavy atom. The van der Waals surface area contributed by atoms with Crippen molar-refractivity contribution >= 4 is 27.9 Å². The highest BCUT2D eigenvalue weighted by Crippen LogP contribution is 2.42. The summed E-state index contributed by atoms with van der Waals surface area (Å²) in [6.45, 7) is 4.05. The number of rotatable bonds is 1. The van der Waals surface area contributed by atoms with Crippen molar-refractivity contribution in [2.75, 3.05) is 6.26 Å². The SMILES string of the molecule is CS(=O)c1sc(C#N)c2c1C(=O)CC(C)(C)C2. The number of ketones is 1. The smallest absolute Gasteiger partial charge is 0.165 e. The van der Waals surface area contributed by atoms with E-state index < -0.39 is 10.8 Å². The second-order valence-electron chi connectivity index (χ2n) is 5.08. The molecule has 1 atom stereocenters. The molecule has 0 saturated carbocycles. The Labute approximate surface area is 107 Å². The Kier molecular flexibility index (Phi) is 2.96. The van der Waals surface area contributed by atoms with Gasteiger partial charge in [0.25, 0.3) is 0 Å². The minimum absolute atomic E-state index is 0.0270. The summed E-state index contributed by atoms with van der Waals surface area (Å²) in [7, 11) is -1.20. The van der Waals surface area contributed by atoms with Crippen molar-refractivity contribution in [1.29, 1.82) is 5.26 Å². The van der Waals surface area contributed by atoms with E-state index in [-0.39, 0.29) is 11.2 Å². The highest BCUT2D eigenvalue weighted by Gasteiger charge is 2.36. The van der Waals surface area contributed by atoms with Gasteiger partial charge in [0.15, 0.2) is 5.78 Å². The molecule has 1 aliphatic carbocycles. The zero-order chi connectivity index (χ0) is 12.8. The molecule has 0 fully saturated rings. The van der Waals surface area contributed by atoms with Crippen molar-refractivity contribution in [2.45, 2.75) is 30.9 Å². The number of carbonyl (C=O) groups is 1. The average Bonchev–Trinajstić information content (AvgIpc) is 2.54. The molecule has 5 heteroatoms. The second-order valence-corrected chi connectivity index (χ2v) is 7.67. The first-order valence-corrected chi connectivity index (χ1v) is 7.65. The lowest BCUT2D eigenvalue weighted by Gasteiger charge is -2.28. The molecule has 2 rings (SSSR count). The molecule has 0 bridgehead atoms. The van der Waals surface area contributed by atoms with E-state index in [1.807, 2.05) is 13.8 Å². The first kappa shape index (κ1) is 12.5. The van der Waals surface area contributed by atoms with Gasteiger partial charge in [-0.3, -0.25) is 9.00 Å². The van der Waals surface area contributed by atoms with Crippen molar-refractivity contribution in [3.05, 3.63) is 16.0 Å². The lowest BCUT2D eigenvalue weighted by atomic mass is 9.74. The zero-order valence-corrected chi connectivity index (χ0v) is 11.6. The number of thiophene rings is 1. The quantitative estimate of drug-likeness (QED) is 0.785. The maximum absolute atomic E-state index is 12.1. The van der Waals surface area contributed by atoms with Crippen LogP contribution in [0.1, 0.15) is 41.1 Å². The molecule has 1 heterocycles. The maximum atomic E-state index is 12.1. The molecule has 17 heavy (non-hydrogen) atoms. The summed E-state index contributed by atoms with van der Waals surface area (Å²) in [5.74, 6) is 0.0270. The molecular weight excluding hydrogens is 254 g/mol. The molecule has 0 spiro atoms. The van der Waals surface area contributed by atoms with Crippen LogP contribution in [0.5, 0.6) is 0 Å². The summed E-state index contributed by atoms with van der Waals surface area (Å²) in [6.07, 6.45) is 2.73. The summed E-state index contributed by atoms with van der Waals surface area (Å²) in [4.78, 5) is 12.7. The Balaban J connectivity index is 2.69. The van der Waals surface area contributed by atoms with Gasteiger partial charge in [0.05, 0.1) is 10.8 Å². The maximum Gasteiger partial charge on any atom is 0.165 e. The van der Waals surface area contributed by atoms with Gasteiger partial charge < -0.3 is 0 Å². The molecule has 1 aliphatic rings. The van der Waals surface area contributed by atoms with Crippen LogP contribution >= 0.6 is 11.3 Å². The summed E-state index contributed by atoms with van der Waals surface area (Å²) in [5, 5.41) is 9.10. The lowest BCUT2D eigenvalue weighted by Crippen LogP contribution is -2.27. The van der Waals surface area contributed by atoms with Crippen LogP contribution in [-0.4, -0.2) is 16.2 Å². The van der Waals surface area contributed by atoms with Crippen molar-refractivity contribution in [3.63, 3.8) is 0 Å². The number of nitrogens with zero attached hydrogens (tertiary/aromatic N) is 1. The third-order valence-electron chi connectivity index (χ3n) is 2.91. The standard InChI is InChI=1S/C12H13NO2S2/c1-12(2)4-7-9(6-13)16-11(17(3)15)10(7)8(14)5-12/h4-5H2,1-3H3. The van der Waals surface area contributed by atoms with E-state index in [0.717, 1.165) is 5.56 Å². The third kappa shape index (κ3) is 2.07. The van der Waals surface area contributed by atoms with Crippen LogP contribution in [0, 0.1) is 16.7 Å². The van der Waals surface area contributed by atoms with Crippen LogP contribution in [0.2, 0.25) is 0 Å². The number of hydrogen-bond donors (Lipinski definition) is 0. The van der Waals surface area contributed by atoms with E-state index >= 15 is 0 Å². The molecule has 0 N–H and O–H groups in total. The molecule has 0 aliphatic heterocycles. The molecule has 0 aromatic carbocycles. The van der Waals surface area contributed by atoms with Gasteiger partial charge in [0, 0.05) is 18.2 Å². The van der Waals surface area contributed by atoms with E-state index in [1.54, 1.807) is 6.26 Å². The molecule has 1 aromatic rings. The van der Waals surface area contributed by atoms with E-state index in [1.165, 1.54) is 11.3 Å². The van der Waals surface area contributed by atoms with Crippen LogP contribution in [0.15, 0.2) is 4.21 Å². The van der Waals surface area contributed by atoms with Crippen LogP contribution in [0.3, 0.4) is 0 Å². The molecule has 3 nitrogen and oxygen atoms in total. The van der Waals surface area contributed by atoms with E-state index in [0.29, 0.717) is 27.5 Å². The Morgan fingerprint density at radius 3 is 2.59 bits per heavy atom. The highest BCUT2D eigenvalue weighted by atomic mass is 32.2. The minimum Gasteiger partial charge on any atom is -0.294 e. The topological polar surface area (TPSA) is 57.9 Å². The van der Waals surface area contributed by atoms with Gasteiger partial charge in [0.1, 0.15) is 15.2 Å². The monoisotopic (exact) mass is 267 g/mol. The molecular formula is C12H13NO2S2. The number of fused-ring (bicyclic) bond motifs is 1. The normalized spacial score (nSPS) is 19.5. The summed E-state index contributed by atoms with van der Waals surface area (Å²) in [5.41, 5.74) is 1.26. The second kappa shape index (κ2) is 4.04. The predicted molar refractivity (Wildman–Crippen MR) is 67.8 cm³/mol. The summed E-state index contributed by atoms with van der Waals surface area (Å²) >= 11 is 1.21. The molecule has 0 amide bonds. The Morgan fingerprint density at radius 1 is 1.41 bits per heavy atom. The molecule has 0 radical (unpaired) electrons. The molecule has 0 saturated heterocycles. The number of carbonyl (C=O) groups excluding carboxylic acids is 1. The Bertz CT molecular complexity index is 564. The van der Waals surface area contributed by atoms with Crippen molar-refractivity contribution in [1.82, 2.24) is 0 Å². The number of Topliss-reactive ketones (excluding diaryl/α,β-unsaturated/α-hetero) is 1. The van der Waals surface area contributed by atoms with Crippen molar-refractivity contribution < 1.29 is 9.00 Å². The van der Waals surface area contributed by atoms with Crippen LogP contribution in [-0.2, 0) is 17.2 Å². The van der Waals surface area contributed by atoms with Gasteiger partial charge in [-0.15, -0.1) is 11.3 Å².